The second-order valence-corrected chi connectivity index (χ2v) is 5.55. The van der Waals surface area contributed by atoms with Crippen LogP contribution in [0.15, 0.2) is 12.1 Å². The van der Waals surface area contributed by atoms with Crippen LogP contribution >= 0.6 is 0 Å². The first-order chi connectivity index (χ1) is 9.36. The van der Waals surface area contributed by atoms with Gasteiger partial charge in [0.2, 0.25) is 5.88 Å². The maximum atomic E-state index is 5.74. The van der Waals surface area contributed by atoms with Gasteiger partial charge in [0.05, 0.1) is 0 Å². The molecular formula is C15H23N3O. The van der Waals surface area contributed by atoms with Crippen molar-refractivity contribution in [3.8, 4) is 5.88 Å². The quantitative estimate of drug-likeness (QED) is 0.881. The number of pyridine rings is 1. The Hall–Kier alpha value is -1.29. The molecule has 1 N–H and O–H groups in total. The third kappa shape index (κ3) is 3.18. The lowest BCUT2D eigenvalue weighted by atomic mass is 10.2. The minimum absolute atomic E-state index is 0.708. The van der Waals surface area contributed by atoms with E-state index in [1.165, 1.54) is 18.4 Å². The lowest BCUT2D eigenvalue weighted by Gasteiger charge is -2.24. The number of nitrogens with one attached hydrogen (secondary N) is 1. The molecule has 1 fully saturated rings. The molecule has 0 bridgehead atoms. The van der Waals surface area contributed by atoms with Crippen LogP contribution in [0.2, 0.25) is 0 Å². The van der Waals surface area contributed by atoms with Crippen LogP contribution in [0, 0.1) is 5.92 Å². The highest BCUT2D eigenvalue weighted by Gasteiger charge is 2.25. The number of aromatic nitrogens is 1. The molecule has 3 rings (SSSR count). The molecule has 4 nitrogen and oxygen atoms in total. The molecule has 0 aromatic carbocycles. The number of nitrogens with zero attached hydrogens (tertiary/aromatic N) is 2. The third-order valence-corrected chi connectivity index (χ3v) is 3.75. The molecule has 4 heteroatoms. The first-order valence-electron chi connectivity index (χ1n) is 7.45. The molecule has 1 aliphatic heterocycles. The fraction of sp³-hybridized carbons (Fsp3) is 0.667. The molecule has 1 aromatic heterocycles. The topological polar surface area (TPSA) is 37.4 Å². The number of rotatable bonds is 5. The van der Waals surface area contributed by atoms with Gasteiger partial charge in [0.25, 0.3) is 0 Å². The normalized spacial score (nSPS) is 18.4. The van der Waals surface area contributed by atoms with Gasteiger partial charge in [-0.05, 0) is 37.3 Å². The molecule has 0 radical (unpaired) electrons. The van der Waals surface area contributed by atoms with E-state index in [9.17, 15) is 0 Å². The minimum atomic E-state index is 0.708. The minimum Gasteiger partial charge on any atom is -0.476 e. The number of hydrogen-bond acceptors (Lipinski definition) is 4. The summed E-state index contributed by atoms with van der Waals surface area (Å²) in [5, 5.41) is 3.34. The van der Waals surface area contributed by atoms with Gasteiger partial charge in [-0.25, -0.2) is 0 Å². The first-order valence-corrected chi connectivity index (χ1v) is 7.45. The fourth-order valence-electron chi connectivity index (χ4n) is 2.52. The molecule has 0 spiro atoms. The lowest BCUT2D eigenvalue weighted by molar-refractivity contribution is 0.314. The zero-order valence-electron chi connectivity index (χ0n) is 11.7. The van der Waals surface area contributed by atoms with Crippen LogP contribution in [0.25, 0.3) is 0 Å². The second kappa shape index (κ2) is 5.78. The Balaban J connectivity index is 1.79. The van der Waals surface area contributed by atoms with E-state index >= 15 is 0 Å². The summed E-state index contributed by atoms with van der Waals surface area (Å²) in [4.78, 5) is 7.15. The molecular weight excluding hydrogens is 238 g/mol. The number of anilines is 1. The molecule has 19 heavy (non-hydrogen) atoms. The number of fused-ring (bicyclic) bond motifs is 1. The van der Waals surface area contributed by atoms with E-state index in [-0.39, 0.29) is 0 Å². The standard InChI is InChI=1S/C15H23N3O/c1-2-8-18(11-12-3-4-12)14-6-5-13-10-16-7-9-19-15(13)17-14/h5-6,12,16H,2-4,7-11H2,1H3. The van der Waals surface area contributed by atoms with E-state index < -0.39 is 0 Å². The average Bonchev–Trinajstić information content (AvgIpc) is 3.23. The highest BCUT2D eigenvalue weighted by Crippen LogP contribution is 2.32. The Morgan fingerprint density at radius 3 is 3.11 bits per heavy atom. The van der Waals surface area contributed by atoms with Crippen molar-refractivity contribution in [3.05, 3.63) is 17.7 Å². The Morgan fingerprint density at radius 2 is 2.32 bits per heavy atom. The van der Waals surface area contributed by atoms with Crippen LogP contribution in [-0.2, 0) is 6.54 Å². The maximum Gasteiger partial charge on any atom is 0.219 e. The smallest absolute Gasteiger partial charge is 0.219 e. The van der Waals surface area contributed by atoms with E-state index in [1.54, 1.807) is 0 Å². The summed E-state index contributed by atoms with van der Waals surface area (Å²) in [5.74, 6) is 2.78. The summed E-state index contributed by atoms with van der Waals surface area (Å²) in [6.45, 7) is 6.92. The zero-order valence-corrected chi connectivity index (χ0v) is 11.7. The monoisotopic (exact) mass is 261 g/mol. The largest absolute Gasteiger partial charge is 0.476 e. The lowest BCUT2D eigenvalue weighted by Crippen LogP contribution is -2.27. The summed E-state index contributed by atoms with van der Waals surface area (Å²) >= 11 is 0. The predicted molar refractivity (Wildman–Crippen MR) is 76.7 cm³/mol. The van der Waals surface area contributed by atoms with Crippen molar-refractivity contribution in [2.75, 3.05) is 31.1 Å². The fourth-order valence-corrected chi connectivity index (χ4v) is 2.52. The molecule has 2 heterocycles. The van der Waals surface area contributed by atoms with Gasteiger partial charge in [-0.1, -0.05) is 6.92 Å². The molecule has 104 valence electrons. The summed E-state index contributed by atoms with van der Waals surface area (Å²) in [6.07, 6.45) is 3.92. The molecule has 1 aromatic rings. The van der Waals surface area contributed by atoms with Crippen LogP contribution in [0.5, 0.6) is 5.88 Å². The van der Waals surface area contributed by atoms with Crippen LogP contribution in [0.1, 0.15) is 31.7 Å². The maximum absolute atomic E-state index is 5.74. The summed E-state index contributed by atoms with van der Waals surface area (Å²) in [6, 6.07) is 4.30. The predicted octanol–water partition coefficient (Wildman–Crippen LogP) is 2.19. The molecule has 0 saturated heterocycles. The first kappa shape index (κ1) is 12.7. The van der Waals surface area contributed by atoms with Crippen molar-refractivity contribution in [2.45, 2.75) is 32.7 Å². The van der Waals surface area contributed by atoms with E-state index in [4.69, 9.17) is 9.72 Å². The van der Waals surface area contributed by atoms with Crippen molar-refractivity contribution < 1.29 is 4.74 Å². The summed E-state index contributed by atoms with van der Waals surface area (Å²) in [7, 11) is 0. The van der Waals surface area contributed by atoms with Gasteiger partial charge < -0.3 is 15.0 Å². The Labute approximate surface area is 115 Å². The molecule has 2 aliphatic rings. The molecule has 0 amide bonds. The van der Waals surface area contributed by atoms with Crippen LogP contribution < -0.4 is 15.0 Å². The Bertz CT molecular complexity index is 431. The van der Waals surface area contributed by atoms with Crippen LogP contribution in [0.4, 0.5) is 5.82 Å². The van der Waals surface area contributed by atoms with Gasteiger partial charge in [0.15, 0.2) is 0 Å². The van der Waals surface area contributed by atoms with Gasteiger partial charge in [-0.2, -0.15) is 4.98 Å². The molecule has 0 atom stereocenters. The summed E-state index contributed by atoms with van der Waals surface area (Å²) < 4.78 is 5.74. The van der Waals surface area contributed by atoms with Crippen LogP contribution in [-0.4, -0.2) is 31.2 Å². The van der Waals surface area contributed by atoms with Crippen molar-refractivity contribution in [1.82, 2.24) is 10.3 Å². The second-order valence-electron chi connectivity index (χ2n) is 5.55. The molecule has 0 unspecified atom stereocenters. The number of ether oxygens (including phenoxy) is 1. The Morgan fingerprint density at radius 1 is 1.42 bits per heavy atom. The van der Waals surface area contributed by atoms with Gasteiger partial charge >= 0.3 is 0 Å². The van der Waals surface area contributed by atoms with E-state index in [1.807, 2.05) is 0 Å². The third-order valence-electron chi connectivity index (χ3n) is 3.75. The van der Waals surface area contributed by atoms with Crippen molar-refractivity contribution in [1.29, 1.82) is 0 Å². The van der Waals surface area contributed by atoms with E-state index in [2.05, 4.69) is 29.3 Å². The van der Waals surface area contributed by atoms with Crippen molar-refractivity contribution >= 4 is 5.82 Å². The van der Waals surface area contributed by atoms with Crippen molar-refractivity contribution in [3.63, 3.8) is 0 Å². The van der Waals surface area contributed by atoms with E-state index in [0.717, 1.165) is 50.2 Å². The zero-order chi connectivity index (χ0) is 13.1. The number of hydrogen-bond donors (Lipinski definition) is 1. The highest BCUT2D eigenvalue weighted by atomic mass is 16.5. The van der Waals surface area contributed by atoms with Crippen molar-refractivity contribution in [2.24, 2.45) is 5.92 Å². The van der Waals surface area contributed by atoms with Gasteiger partial charge in [0, 0.05) is 31.7 Å². The van der Waals surface area contributed by atoms with Gasteiger partial charge in [-0.3, -0.25) is 0 Å². The van der Waals surface area contributed by atoms with E-state index in [0.29, 0.717) is 6.61 Å². The molecule has 1 saturated carbocycles. The highest BCUT2D eigenvalue weighted by molar-refractivity contribution is 5.44. The Kier molecular flexibility index (Phi) is 3.87. The summed E-state index contributed by atoms with van der Waals surface area (Å²) in [5.41, 5.74) is 1.17. The average molecular weight is 261 g/mol. The molecule has 1 aliphatic carbocycles. The SMILES string of the molecule is CCCN(CC1CC1)c1ccc2c(n1)OCCNC2. The van der Waals surface area contributed by atoms with Gasteiger partial charge in [-0.15, -0.1) is 0 Å². The van der Waals surface area contributed by atoms with Crippen LogP contribution in [0.3, 0.4) is 0 Å². The van der Waals surface area contributed by atoms with Gasteiger partial charge in [0.1, 0.15) is 12.4 Å².